The van der Waals surface area contributed by atoms with Crippen molar-refractivity contribution in [2.45, 2.75) is 32.1 Å². The van der Waals surface area contributed by atoms with E-state index in [1.54, 1.807) is 11.1 Å². The van der Waals surface area contributed by atoms with Crippen LogP contribution in [0.1, 0.15) is 30.4 Å². The van der Waals surface area contributed by atoms with E-state index in [1.807, 2.05) is 0 Å². The van der Waals surface area contributed by atoms with Crippen LogP contribution in [0.5, 0.6) is 0 Å². The molecule has 0 radical (unpaired) electrons. The molecule has 2 aliphatic rings. The lowest BCUT2D eigenvalue weighted by atomic mass is 9.87. The SMILES string of the molecule is c1ccc2c(c1)CC(CC1CCCNC1)C2. The van der Waals surface area contributed by atoms with Crippen molar-refractivity contribution >= 4 is 0 Å². The Morgan fingerprint density at radius 1 is 1.06 bits per heavy atom. The van der Waals surface area contributed by atoms with Gasteiger partial charge in [0.2, 0.25) is 0 Å². The van der Waals surface area contributed by atoms with Crippen LogP contribution in [0.15, 0.2) is 24.3 Å². The van der Waals surface area contributed by atoms with Crippen LogP contribution < -0.4 is 5.32 Å². The van der Waals surface area contributed by atoms with Crippen LogP contribution in [0.4, 0.5) is 0 Å². The first-order valence-electron chi connectivity index (χ1n) is 6.69. The smallest absolute Gasteiger partial charge is 0.00204 e. The highest BCUT2D eigenvalue weighted by Gasteiger charge is 2.24. The molecule has 1 nitrogen and oxygen atoms in total. The topological polar surface area (TPSA) is 12.0 Å². The highest BCUT2D eigenvalue weighted by molar-refractivity contribution is 5.32. The van der Waals surface area contributed by atoms with Crippen molar-refractivity contribution in [2.24, 2.45) is 11.8 Å². The maximum absolute atomic E-state index is 3.53. The number of fused-ring (bicyclic) bond motifs is 1. The molecule has 0 amide bonds. The molecule has 1 fully saturated rings. The van der Waals surface area contributed by atoms with E-state index in [2.05, 4.69) is 29.6 Å². The van der Waals surface area contributed by atoms with Gasteiger partial charge in [-0.05, 0) is 68.2 Å². The van der Waals surface area contributed by atoms with E-state index in [4.69, 9.17) is 0 Å². The molecule has 1 heterocycles. The van der Waals surface area contributed by atoms with E-state index in [9.17, 15) is 0 Å². The zero-order chi connectivity index (χ0) is 10.8. The molecule has 1 unspecified atom stereocenters. The van der Waals surface area contributed by atoms with Gasteiger partial charge in [-0.1, -0.05) is 24.3 Å². The van der Waals surface area contributed by atoms with Crippen molar-refractivity contribution in [3.05, 3.63) is 35.4 Å². The van der Waals surface area contributed by atoms with Crippen LogP contribution >= 0.6 is 0 Å². The molecule has 3 rings (SSSR count). The summed E-state index contributed by atoms with van der Waals surface area (Å²) in [5, 5.41) is 3.53. The molecule has 1 aromatic carbocycles. The van der Waals surface area contributed by atoms with E-state index in [0.717, 1.165) is 11.8 Å². The average Bonchev–Trinajstić information content (AvgIpc) is 2.72. The Balaban J connectivity index is 1.59. The Kier molecular flexibility index (Phi) is 2.96. The summed E-state index contributed by atoms with van der Waals surface area (Å²) in [4.78, 5) is 0. The monoisotopic (exact) mass is 215 g/mol. The van der Waals surface area contributed by atoms with Crippen molar-refractivity contribution in [1.29, 1.82) is 0 Å². The van der Waals surface area contributed by atoms with E-state index in [-0.39, 0.29) is 0 Å². The van der Waals surface area contributed by atoms with Crippen LogP contribution in [0.25, 0.3) is 0 Å². The molecule has 1 saturated heterocycles. The molecule has 1 aliphatic heterocycles. The minimum Gasteiger partial charge on any atom is -0.316 e. The zero-order valence-corrected chi connectivity index (χ0v) is 9.91. The number of hydrogen-bond donors (Lipinski definition) is 1. The first-order valence-corrected chi connectivity index (χ1v) is 6.69. The third kappa shape index (κ3) is 2.15. The fourth-order valence-electron chi connectivity index (χ4n) is 3.41. The summed E-state index contributed by atoms with van der Waals surface area (Å²) in [7, 11) is 0. The molecule has 16 heavy (non-hydrogen) atoms. The fraction of sp³-hybridized carbons (Fsp3) is 0.600. The van der Waals surface area contributed by atoms with Gasteiger partial charge in [-0.3, -0.25) is 0 Å². The Morgan fingerprint density at radius 2 is 1.81 bits per heavy atom. The molecule has 86 valence electrons. The van der Waals surface area contributed by atoms with Gasteiger partial charge in [0, 0.05) is 0 Å². The number of hydrogen-bond acceptors (Lipinski definition) is 1. The number of benzene rings is 1. The summed E-state index contributed by atoms with van der Waals surface area (Å²) in [6.45, 7) is 2.49. The lowest BCUT2D eigenvalue weighted by Gasteiger charge is -2.25. The fourth-order valence-corrected chi connectivity index (χ4v) is 3.41. The summed E-state index contributed by atoms with van der Waals surface area (Å²) < 4.78 is 0. The molecular formula is C15H21N. The number of nitrogens with one attached hydrogen (secondary N) is 1. The summed E-state index contributed by atoms with van der Waals surface area (Å²) >= 11 is 0. The second kappa shape index (κ2) is 4.58. The first-order chi connectivity index (χ1) is 7.92. The molecule has 1 aliphatic carbocycles. The highest BCUT2D eigenvalue weighted by Crippen LogP contribution is 2.32. The van der Waals surface area contributed by atoms with Gasteiger partial charge in [0.15, 0.2) is 0 Å². The maximum atomic E-state index is 3.53. The summed E-state index contributed by atoms with van der Waals surface area (Å²) in [6, 6.07) is 9.00. The van der Waals surface area contributed by atoms with Crippen molar-refractivity contribution in [2.75, 3.05) is 13.1 Å². The third-order valence-electron chi connectivity index (χ3n) is 4.20. The molecule has 0 bridgehead atoms. The van der Waals surface area contributed by atoms with Crippen LogP contribution in [-0.2, 0) is 12.8 Å². The molecule has 1 heteroatoms. The van der Waals surface area contributed by atoms with Gasteiger partial charge in [0.05, 0.1) is 0 Å². The van der Waals surface area contributed by atoms with E-state index in [1.165, 1.54) is 45.2 Å². The maximum Gasteiger partial charge on any atom is -0.00204 e. The van der Waals surface area contributed by atoms with Crippen LogP contribution in [0, 0.1) is 11.8 Å². The van der Waals surface area contributed by atoms with Crippen molar-refractivity contribution in [1.82, 2.24) is 5.32 Å². The standard InChI is InChI=1S/C15H21N/c1-2-6-15-10-13(9-14(15)5-1)8-12-4-3-7-16-11-12/h1-2,5-6,12-13,16H,3-4,7-11H2. The first kappa shape index (κ1) is 10.3. The summed E-state index contributed by atoms with van der Waals surface area (Å²) in [6.07, 6.45) is 6.91. The lowest BCUT2D eigenvalue weighted by molar-refractivity contribution is 0.307. The Hall–Kier alpha value is -0.820. The molecule has 0 spiro atoms. The Labute approximate surface area is 98.3 Å². The highest BCUT2D eigenvalue weighted by atomic mass is 14.9. The molecule has 1 atom stereocenters. The van der Waals surface area contributed by atoms with E-state index >= 15 is 0 Å². The lowest BCUT2D eigenvalue weighted by Crippen LogP contribution is -2.31. The Bertz CT molecular complexity index is 327. The molecule has 1 N–H and O–H groups in total. The van der Waals surface area contributed by atoms with Gasteiger partial charge < -0.3 is 5.32 Å². The van der Waals surface area contributed by atoms with E-state index < -0.39 is 0 Å². The average molecular weight is 215 g/mol. The van der Waals surface area contributed by atoms with Crippen LogP contribution in [0.2, 0.25) is 0 Å². The molecular weight excluding hydrogens is 194 g/mol. The van der Waals surface area contributed by atoms with Gasteiger partial charge in [-0.15, -0.1) is 0 Å². The summed E-state index contributed by atoms with van der Waals surface area (Å²) in [5.41, 5.74) is 3.22. The summed E-state index contributed by atoms with van der Waals surface area (Å²) in [5.74, 6) is 1.86. The van der Waals surface area contributed by atoms with Crippen LogP contribution in [-0.4, -0.2) is 13.1 Å². The zero-order valence-electron chi connectivity index (χ0n) is 9.91. The largest absolute Gasteiger partial charge is 0.316 e. The predicted molar refractivity (Wildman–Crippen MR) is 67.6 cm³/mol. The minimum atomic E-state index is 0.919. The second-order valence-electron chi connectivity index (χ2n) is 5.49. The number of rotatable bonds is 2. The Morgan fingerprint density at radius 3 is 2.44 bits per heavy atom. The van der Waals surface area contributed by atoms with Crippen molar-refractivity contribution < 1.29 is 0 Å². The van der Waals surface area contributed by atoms with Crippen LogP contribution in [0.3, 0.4) is 0 Å². The van der Waals surface area contributed by atoms with Gasteiger partial charge in [-0.2, -0.15) is 0 Å². The van der Waals surface area contributed by atoms with E-state index in [0.29, 0.717) is 0 Å². The van der Waals surface area contributed by atoms with Crippen molar-refractivity contribution in [3.8, 4) is 0 Å². The van der Waals surface area contributed by atoms with Gasteiger partial charge in [0.25, 0.3) is 0 Å². The van der Waals surface area contributed by atoms with Crippen molar-refractivity contribution in [3.63, 3.8) is 0 Å². The third-order valence-corrected chi connectivity index (χ3v) is 4.20. The predicted octanol–water partition coefficient (Wildman–Crippen LogP) is 2.79. The molecule has 1 aromatic rings. The minimum absolute atomic E-state index is 0.919. The molecule has 0 aromatic heterocycles. The van der Waals surface area contributed by atoms with Gasteiger partial charge in [-0.25, -0.2) is 0 Å². The number of piperidine rings is 1. The molecule has 0 saturated carbocycles. The van der Waals surface area contributed by atoms with Gasteiger partial charge in [0.1, 0.15) is 0 Å². The van der Waals surface area contributed by atoms with Gasteiger partial charge >= 0.3 is 0 Å². The second-order valence-corrected chi connectivity index (χ2v) is 5.49. The normalized spacial score (nSPS) is 25.6. The quantitative estimate of drug-likeness (QED) is 0.800.